The predicted molar refractivity (Wildman–Crippen MR) is 94.2 cm³/mol. The lowest BCUT2D eigenvalue weighted by molar-refractivity contribution is -0.125. The molecular weight excluding hydrogens is 324 g/mol. The van der Waals surface area contributed by atoms with Crippen LogP contribution >= 0.6 is 11.3 Å². The summed E-state index contributed by atoms with van der Waals surface area (Å²) >= 11 is 1.42. The van der Waals surface area contributed by atoms with Gasteiger partial charge in [-0.2, -0.15) is 0 Å². The van der Waals surface area contributed by atoms with Crippen LogP contribution in [0.1, 0.15) is 43.2 Å². The topological polar surface area (TPSA) is 76.5 Å². The van der Waals surface area contributed by atoms with Crippen molar-refractivity contribution in [3.63, 3.8) is 0 Å². The van der Waals surface area contributed by atoms with Gasteiger partial charge in [0, 0.05) is 12.8 Å². The molecule has 0 radical (unpaired) electrons. The van der Waals surface area contributed by atoms with Crippen LogP contribution in [0.2, 0.25) is 0 Å². The van der Waals surface area contributed by atoms with Gasteiger partial charge in [0.05, 0.1) is 5.71 Å². The molecule has 24 heavy (non-hydrogen) atoms. The molecule has 0 bridgehead atoms. The predicted octanol–water partition coefficient (Wildman–Crippen LogP) is 3.40. The third-order valence-electron chi connectivity index (χ3n) is 3.76. The van der Waals surface area contributed by atoms with E-state index in [-0.39, 0.29) is 5.91 Å². The Morgan fingerprint density at radius 1 is 1.29 bits per heavy atom. The highest BCUT2D eigenvalue weighted by molar-refractivity contribution is 7.15. The molecule has 3 rings (SSSR count). The van der Waals surface area contributed by atoms with Gasteiger partial charge in [0.2, 0.25) is 11.2 Å². The zero-order valence-electron chi connectivity index (χ0n) is 13.6. The first-order valence-corrected chi connectivity index (χ1v) is 8.99. The summed E-state index contributed by atoms with van der Waals surface area (Å²) < 4.78 is 0. The highest BCUT2D eigenvalue weighted by Crippen LogP contribution is 2.21. The van der Waals surface area contributed by atoms with Crippen molar-refractivity contribution in [3.05, 3.63) is 40.9 Å². The lowest BCUT2D eigenvalue weighted by atomic mass is 10.1. The molecule has 1 aliphatic rings. The number of nitrogens with one attached hydrogen (secondary N) is 1. The first-order valence-electron chi connectivity index (χ1n) is 8.17. The summed E-state index contributed by atoms with van der Waals surface area (Å²) in [6, 6.07) is 9.72. The average Bonchev–Trinajstić information content (AvgIpc) is 3.26. The molecule has 2 heterocycles. The Hall–Kier alpha value is -2.28. The maximum Gasteiger partial charge on any atom is 0.270 e. The van der Waals surface area contributed by atoms with Crippen LogP contribution in [-0.2, 0) is 16.1 Å². The number of aromatic nitrogens is 2. The van der Waals surface area contributed by atoms with Crippen LogP contribution < -0.4 is 5.32 Å². The van der Waals surface area contributed by atoms with Crippen LogP contribution in [-0.4, -0.2) is 27.9 Å². The van der Waals surface area contributed by atoms with Gasteiger partial charge in [0.1, 0.15) is 5.01 Å². The van der Waals surface area contributed by atoms with Gasteiger partial charge < -0.3 is 4.84 Å². The van der Waals surface area contributed by atoms with E-state index in [0.717, 1.165) is 29.1 Å². The molecule has 2 aromatic rings. The molecule has 0 spiro atoms. The second-order valence-corrected chi connectivity index (χ2v) is 6.71. The number of amides is 1. The van der Waals surface area contributed by atoms with Crippen molar-refractivity contribution in [1.82, 2.24) is 10.2 Å². The summed E-state index contributed by atoms with van der Waals surface area (Å²) in [5, 5.41) is 16.4. The number of benzene rings is 1. The van der Waals surface area contributed by atoms with Crippen LogP contribution in [0.4, 0.5) is 5.13 Å². The van der Waals surface area contributed by atoms with Gasteiger partial charge in [-0.15, -0.1) is 10.2 Å². The summed E-state index contributed by atoms with van der Waals surface area (Å²) in [4.78, 5) is 17.6. The second kappa shape index (κ2) is 8.01. The number of aryl methyl sites for hydroxylation is 1. The molecule has 126 valence electrons. The van der Waals surface area contributed by atoms with Crippen molar-refractivity contribution in [3.8, 4) is 0 Å². The van der Waals surface area contributed by atoms with E-state index in [1.807, 2.05) is 30.3 Å². The number of hydrogen-bond acceptors (Lipinski definition) is 6. The van der Waals surface area contributed by atoms with E-state index < -0.39 is 6.10 Å². The van der Waals surface area contributed by atoms with Crippen molar-refractivity contribution in [1.29, 1.82) is 0 Å². The third kappa shape index (κ3) is 4.17. The van der Waals surface area contributed by atoms with E-state index in [4.69, 9.17) is 4.84 Å². The minimum Gasteiger partial charge on any atom is -0.382 e. The smallest absolute Gasteiger partial charge is 0.270 e. The Morgan fingerprint density at radius 2 is 2.12 bits per heavy atom. The Bertz CT molecular complexity index is 714. The van der Waals surface area contributed by atoms with Gasteiger partial charge in [-0.05, 0) is 12.0 Å². The van der Waals surface area contributed by atoms with Crippen molar-refractivity contribution in [2.24, 2.45) is 5.16 Å². The van der Waals surface area contributed by atoms with Gasteiger partial charge in [-0.1, -0.05) is 66.6 Å². The molecule has 1 aromatic carbocycles. The Labute approximate surface area is 144 Å². The molecule has 0 saturated heterocycles. The normalized spacial score (nSPS) is 16.5. The van der Waals surface area contributed by atoms with Crippen LogP contribution in [0, 0.1) is 0 Å². The van der Waals surface area contributed by atoms with Crippen LogP contribution in [0.15, 0.2) is 35.5 Å². The number of hydrogen-bond donors (Lipinski definition) is 1. The molecule has 0 fully saturated rings. The van der Waals surface area contributed by atoms with Crippen molar-refractivity contribution in [2.75, 3.05) is 5.32 Å². The van der Waals surface area contributed by atoms with Crippen LogP contribution in [0.5, 0.6) is 0 Å². The van der Waals surface area contributed by atoms with E-state index in [1.165, 1.54) is 24.2 Å². The van der Waals surface area contributed by atoms with E-state index in [9.17, 15) is 4.79 Å². The minimum absolute atomic E-state index is 0.235. The fourth-order valence-electron chi connectivity index (χ4n) is 2.44. The monoisotopic (exact) mass is 344 g/mol. The number of carbonyl (C=O) groups excluding carboxylic acids is 1. The van der Waals surface area contributed by atoms with Gasteiger partial charge in [0.15, 0.2) is 0 Å². The molecule has 1 aliphatic heterocycles. The third-order valence-corrected chi connectivity index (χ3v) is 4.66. The largest absolute Gasteiger partial charge is 0.382 e. The van der Waals surface area contributed by atoms with E-state index in [1.54, 1.807) is 0 Å². The fraction of sp³-hybridized carbons (Fsp3) is 0.412. The number of nitrogens with zero attached hydrogens (tertiary/aromatic N) is 3. The second-order valence-electron chi connectivity index (χ2n) is 5.65. The number of unbranched alkanes of at least 4 members (excludes halogenated alkanes) is 2. The quantitative estimate of drug-likeness (QED) is 0.781. The highest BCUT2D eigenvalue weighted by atomic mass is 32.1. The Balaban J connectivity index is 1.51. The number of rotatable bonds is 7. The first-order chi connectivity index (χ1) is 11.8. The highest BCUT2D eigenvalue weighted by Gasteiger charge is 2.29. The van der Waals surface area contributed by atoms with Gasteiger partial charge in [-0.3, -0.25) is 10.1 Å². The maximum absolute atomic E-state index is 12.3. The molecule has 1 atom stereocenters. The van der Waals surface area contributed by atoms with Gasteiger partial charge in [0.25, 0.3) is 5.91 Å². The van der Waals surface area contributed by atoms with Crippen molar-refractivity contribution < 1.29 is 9.63 Å². The van der Waals surface area contributed by atoms with E-state index >= 15 is 0 Å². The molecule has 1 amide bonds. The van der Waals surface area contributed by atoms with Gasteiger partial charge >= 0.3 is 0 Å². The summed E-state index contributed by atoms with van der Waals surface area (Å²) in [7, 11) is 0. The first kappa shape index (κ1) is 16.6. The SMILES string of the molecule is CCCCCc1nnc(NC(=O)[C@H]2CC(c3ccccc3)=NO2)s1. The van der Waals surface area contributed by atoms with E-state index in [0.29, 0.717) is 11.6 Å². The summed E-state index contributed by atoms with van der Waals surface area (Å²) in [5.41, 5.74) is 1.76. The summed E-state index contributed by atoms with van der Waals surface area (Å²) in [6.45, 7) is 2.17. The van der Waals surface area contributed by atoms with Crippen LogP contribution in [0.25, 0.3) is 0 Å². The number of oxime groups is 1. The number of carbonyl (C=O) groups is 1. The Kier molecular flexibility index (Phi) is 5.53. The zero-order valence-corrected chi connectivity index (χ0v) is 14.4. The molecule has 1 N–H and O–H groups in total. The fourth-order valence-corrected chi connectivity index (χ4v) is 3.22. The van der Waals surface area contributed by atoms with Crippen LogP contribution in [0.3, 0.4) is 0 Å². The maximum atomic E-state index is 12.3. The number of anilines is 1. The van der Waals surface area contributed by atoms with Gasteiger partial charge in [-0.25, -0.2) is 0 Å². The lowest BCUT2D eigenvalue weighted by Gasteiger charge is -2.06. The molecule has 1 aromatic heterocycles. The minimum atomic E-state index is -0.618. The summed E-state index contributed by atoms with van der Waals surface area (Å²) in [5.74, 6) is -0.235. The molecular formula is C17H20N4O2S. The lowest BCUT2D eigenvalue weighted by Crippen LogP contribution is -2.28. The summed E-state index contributed by atoms with van der Waals surface area (Å²) in [6.07, 6.45) is 4.19. The van der Waals surface area contributed by atoms with Crippen molar-refractivity contribution >= 4 is 28.1 Å². The Morgan fingerprint density at radius 3 is 2.92 bits per heavy atom. The molecule has 0 unspecified atom stereocenters. The van der Waals surface area contributed by atoms with E-state index in [2.05, 4.69) is 27.6 Å². The molecule has 0 saturated carbocycles. The average molecular weight is 344 g/mol. The molecule has 6 nitrogen and oxygen atoms in total. The standard InChI is InChI=1S/C17H20N4O2S/c1-2-3-5-10-15-19-20-17(24-15)18-16(22)14-11-13(21-23-14)12-8-6-4-7-9-12/h4,6-9,14H,2-3,5,10-11H2,1H3,(H,18,20,22)/t14-/m1/s1. The zero-order chi connectivity index (χ0) is 16.8. The molecule has 7 heteroatoms. The molecule has 0 aliphatic carbocycles. The van der Waals surface area contributed by atoms with Crippen molar-refractivity contribution in [2.45, 2.75) is 45.1 Å².